The Morgan fingerprint density at radius 2 is 1.96 bits per heavy atom. The second-order valence-electron chi connectivity index (χ2n) is 6.00. The van der Waals surface area contributed by atoms with Crippen molar-refractivity contribution >= 4 is 11.8 Å². The minimum absolute atomic E-state index is 0.0774. The van der Waals surface area contributed by atoms with E-state index in [0.29, 0.717) is 23.3 Å². The van der Waals surface area contributed by atoms with E-state index in [0.717, 1.165) is 29.8 Å². The molecule has 5 nitrogen and oxygen atoms in total. The molecule has 1 atom stereocenters. The molecule has 0 spiro atoms. The van der Waals surface area contributed by atoms with Crippen LogP contribution in [0.5, 0.6) is 5.75 Å². The molecule has 24 heavy (non-hydrogen) atoms. The van der Waals surface area contributed by atoms with Crippen LogP contribution in [0.15, 0.2) is 46.8 Å². The van der Waals surface area contributed by atoms with E-state index >= 15 is 0 Å². The van der Waals surface area contributed by atoms with Crippen molar-refractivity contribution in [1.29, 1.82) is 0 Å². The number of Topliss-reactive ketones (excluding diaryl/α,β-unsaturated/α-hetero) is 1. The molecule has 1 aromatic carbocycles. The molecule has 1 heterocycles. The lowest BCUT2D eigenvalue weighted by Crippen LogP contribution is -2.34. The summed E-state index contributed by atoms with van der Waals surface area (Å²) in [5, 5.41) is 3.25. The van der Waals surface area contributed by atoms with Gasteiger partial charge < -0.3 is 14.8 Å². The average Bonchev–Trinajstić information content (AvgIpc) is 2.60. The molecule has 5 heteroatoms. The molecule has 0 fully saturated rings. The summed E-state index contributed by atoms with van der Waals surface area (Å²) in [6.45, 7) is 1.84. The van der Waals surface area contributed by atoms with Gasteiger partial charge in [0.25, 0.3) is 0 Å². The van der Waals surface area contributed by atoms with E-state index in [-0.39, 0.29) is 5.78 Å². The molecule has 1 aromatic rings. The second kappa shape index (κ2) is 6.51. The summed E-state index contributed by atoms with van der Waals surface area (Å²) < 4.78 is 10.5. The Bertz CT molecular complexity index is 760. The number of esters is 1. The second-order valence-corrected chi connectivity index (χ2v) is 6.00. The minimum atomic E-state index is -0.461. The lowest BCUT2D eigenvalue weighted by Gasteiger charge is -2.34. The molecular weight excluding hydrogens is 306 g/mol. The van der Waals surface area contributed by atoms with E-state index in [1.807, 2.05) is 31.2 Å². The Morgan fingerprint density at radius 1 is 1.21 bits per heavy atom. The van der Waals surface area contributed by atoms with Gasteiger partial charge in [0.1, 0.15) is 5.75 Å². The molecule has 1 aliphatic heterocycles. The number of methoxy groups -OCH3 is 2. The van der Waals surface area contributed by atoms with E-state index in [1.54, 1.807) is 7.11 Å². The van der Waals surface area contributed by atoms with E-state index in [9.17, 15) is 9.59 Å². The van der Waals surface area contributed by atoms with Gasteiger partial charge in [-0.25, -0.2) is 4.79 Å². The summed E-state index contributed by atoms with van der Waals surface area (Å²) in [4.78, 5) is 25.1. The van der Waals surface area contributed by atoms with Crippen LogP contribution in [-0.4, -0.2) is 26.0 Å². The van der Waals surface area contributed by atoms with Crippen molar-refractivity contribution in [3.8, 4) is 5.75 Å². The first-order chi connectivity index (χ1) is 11.6. The van der Waals surface area contributed by atoms with Gasteiger partial charge in [-0.05, 0) is 25.8 Å². The van der Waals surface area contributed by atoms with Crippen LogP contribution in [0.1, 0.15) is 37.7 Å². The van der Waals surface area contributed by atoms with Crippen molar-refractivity contribution in [2.75, 3.05) is 14.2 Å². The van der Waals surface area contributed by atoms with Crippen molar-refractivity contribution in [1.82, 2.24) is 5.32 Å². The van der Waals surface area contributed by atoms with Crippen LogP contribution in [0.3, 0.4) is 0 Å². The summed E-state index contributed by atoms with van der Waals surface area (Å²) in [5.41, 5.74) is 3.58. The zero-order valence-electron chi connectivity index (χ0n) is 14.1. The highest BCUT2D eigenvalue weighted by Gasteiger charge is 2.39. The molecule has 0 aromatic heterocycles. The number of nitrogens with one attached hydrogen (secondary N) is 1. The van der Waals surface area contributed by atoms with Gasteiger partial charge in [-0.2, -0.15) is 0 Å². The monoisotopic (exact) mass is 327 g/mol. The van der Waals surface area contributed by atoms with Crippen molar-refractivity contribution in [2.24, 2.45) is 0 Å². The number of ether oxygens (including phenoxy) is 2. The number of carbonyl (C=O) groups is 2. The molecular formula is C19H21NO4. The van der Waals surface area contributed by atoms with Gasteiger partial charge in [-0.1, -0.05) is 18.2 Å². The largest absolute Gasteiger partial charge is 0.496 e. The highest BCUT2D eigenvalue weighted by molar-refractivity contribution is 6.03. The number of hydrogen-bond donors (Lipinski definition) is 1. The average molecular weight is 327 g/mol. The number of allylic oxidation sites excluding steroid dienone is 3. The Labute approximate surface area is 141 Å². The normalized spacial score (nSPS) is 20.5. The molecule has 126 valence electrons. The lowest BCUT2D eigenvalue weighted by atomic mass is 9.75. The van der Waals surface area contributed by atoms with Crippen LogP contribution >= 0.6 is 0 Å². The summed E-state index contributed by atoms with van der Waals surface area (Å²) in [5.74, 6) is -0.157. The number of ketones is 1. The fourth-order valence-electron chi connectivity index (χ4n) is 3.58. The maximum Gasteiger partial charge on any atom is 0.336 e. The predicted molar refractivity (Wildman–Crippen MR) is 89.5 cm³/mol. The van der Waals surface area contributed by atoms with E-state index in [2.05, 4.69) is 5.32 Å². The fraction of sp³-hybridized carbons (Fsp3) is 0.368. The molecule has 0 amide bonds. The zero-order chi connectivity index (χ0) is 17.3. The first kappa shape index (κ1) is 16.3. The van der Waals surface area contributed by atoms with Crippen LogP contribution in [0.2, 0.25) is 0 Å². The number of carbonyl (C=O) groups excluding carboxylic acids is 2. The molecule has 0 radical (unpaired) electrons. The molecule has 0 bridgehead atoms. The zero-order valence-corrected chi connectivity index (χ0v) is 14.1. The first-order valence-electron chi connectivity index (χ1n) is 8.03. The first-order valence-corrected chi connectivity index (χ1v) is 8.03. The Kier molecular flexibility index (Phi) is 4.42. The van der Waals surface area contributed by atoms with Crippen LogP contribution in [0, 0.1) is 0 Å². The standard InChI is InChI=1S/C19H21NO4/c1-11-16(19(22)24-3)17(12-7-4-5-10-15(12)23-2)18-13(20-11)8-6-9-14(18)21/h4-5,7,10,17,20H,6,8-9H2,1-3H3. The van der Waals surface area contributed by atoms with Crippen molar-refractivity contribution < 1.29 is 19.1 Å². The Hall–Kier alpha value is -2.56. The lowest BCUT2D eigenvalue weighted by molar-refractivity contribution is -0.136. The summed E-state index contributed by atoms with van der Waals surface area (Å²) in [7, 11) is 2.95. The maximum absolute atomic E-state index is 12.7. The van der Waals surface area contributed by atoms with Gasteiger partial charge in [0.05, 0.1) is 25.7 Å². The number of benzene rings is 1. The third kappa shape index (κ3) is 2.60. The minimum Gasteiger partial charge on any atom is -0.496 e. The van der Waals surface area contributed by atoms with Crippen LogP contribution in [0.25, 0.3) is 0 Å². The van der Waals surface area contributed by atoms with Gasteiger partial charge in [0, 0.05) is 29.0 Å². The highest BCUT2D eigenvalue weighted by atomic mass is 16.5. The van der Waals surface area contributed by atoms with Crippen LogP contribution in [-0.2, 0) is 14.3 Å². The van der Waals surface area contributed by atoms with Gasteiger partial charge in [-0.15, -0.1) is 0 Å². The molecule has 3 rings (SSSR count). The quantitative estimate of drug-likeness (QED) is 0.865. The topological polar surface area (TPSA) is 64.6 Å². The van der Waals surface area contributed by atoms with Crippen molar-refractivity contribution in [3.05, 3.63) is 52.4 Å². The number of para-hydroxylation sites is 1. The maximum atomic E-state index is 12.7. The van der Waals surface area contributed by atoms with Crippen molar-refractivity contribution in [2.45, 2.75) is 32.1 Å². The summed E-state index contributed by atoms with van der Waals surface area (Å²) in [6, 6.07) is 7.50. The van der Waals surface area contributed by atoms with Gasteiger partial charge in [0.2, 0.25) is 0 Å². The van der Waals surface area contributed by atoms with Gasteiger partial charge in [0.15, 0.2) is 5.78 Å². The van der Waals surface area contributed by atoms with E-state index in [4.69, 9.17) is 9.47 Å². The molecule has 1 aliphatic carbocycles. The number of dihydropyridines is 1. The highest BCUT2D eigenvalue weighted by Crippen LogP contribution is 2.44. The summed E-state index contributed by atoms with van der Waals surface area (Å²) in [6.07, 6.45) is 2.13. The van der Waals surface area contributed by atoms with Crippen molar-refractivity contribution in [3.63, 3.8) is 0 Å². The molecule has 0 saturated carbocycles. The molecule has 0 saturated heterocycles. The summed E-state index contributed by atoms with van der Waals surface area (Å²) >= 11 is 0. The predicted octanol–water partition coefficient (Wildman–Crippen LogP) is 2.84. The number of rotatable bonds is 3. The molecule has 1 unspecified atom stereocenters. The Morgan fingerprint density at radius 3 is 2.67 bits per heavy atom. The van der Waals surface area contributed by atoms with Crippen LogP contribution in [0.4, 0.5) is 0 Å². The van der Waals surface area contributed by atoms with E-state index in [1.165, 1.54) is 7.11 Å². The van der Waals surface area contributed by atoms with E-state index < -0.39 is 11.9 Å². The Balaban J connectivity index is 2.24. The third-order valence-electron chi connectivity index (χ3n) is 4.63. The van der Waals surface area contributed by atoms with Gasteiger partial charge in [-0.3, -0.25) is 4.79 Å². The molecule has 2 aliphatic rings. The molecule has 1 N–H and O–H groups in total. The van der Waals surface area contributed by atoms with Gasteiger partial charge >= 0.3 is 5.97 Å². The fourth-order valence-corrected chi connectivity index (χ4v) is 3.58. The smallest absolute Gasteiger partial charge is 0.336 e. The SMILES string of the molecule is COC(=O)C1=C(C)NC2=C(C(=O)CCC2)C1c1ccccc1OC. The number of hydrogen-bond acceptors (Lipinski definition) is 5. The van der Waals surface area contributed by atoms with Crippen LogP contribution < -0.4 is 10.1 Å². The third-order valence-corrected chi connectivity index (χ3v) is 4.63.